The molecule has 0 saturated heterocycles. The lowest BCUT2D eigenvalue weighted by atomic mass is 9.77. The molecule has 17 heteroatoms. The van der Waals surface area contributed by atoms with Gasteiger partial charge in [0.25, 0.3) is 6.43 Å². The fourth-order valence-corrected chi connectivity index (χ4v) is 4.21. The topological polar surface area (TPSA) is 80.3 Å². The van der Waals surface area contributed by atoms with Crippen molar-refractivity contribution in [3.05, 3.63) is 65.0 Å². The van der Waals surface area contributed by atoms with Crippen molar-refractivity contribution in [1.29, 1.82) is 0 Å². The van der Waals surface area contributed by atoms with E-state index in [0.29, 0.717) is 6.20 Å². The third-order valence-electron chi connectivity index (χ3n) is 6.28. The predicted octanol–water partition coefficient (Wildman–Crippen LogP) is 6.54. The summed E-state index contributed by atoms with van der Waals surface area (Å²) in [6.45, 7) is -1.33. The van der Waals surface area contributed by atoms with E-state index in [-0.39, 0.29) is 11.4 Å². The van der Waals surface area contributed by atoms with Gasteiger partial charge in [-0.15, -0.1) is 0 Å². The van der Waals surface area contributed by atoms with Crippen LogP contribution < -0.4 is 15.4 Å². The van der Waals surface area contributed by atoms with E-state index in [4.69, 9.17) is 4.74 Å². The highest BCUT2D eigenvalue weighted by molar-refractivity contribution is 6.04. The third-order valence-corrected chi connectivity index (χ3v) is 6.28. The highest BCUT2D eigenvalue weighted by Crippen LogP contribution is 2.48. The zero-order valence-electron chi connectivity index (χ0n) is 21.7. The number of benzene rings is 1. The van der Waals surface area contributed by atoms with Gasteiger partial charge in [-0.2, -0.15) is 39.5 Å². The summed E-state index contributed by atoms with van der Waals surface area (Å²) in [5.74, 6) is -3.08. The van der Waals surface area contributed by atoms with E-state index in [2.05, 4.69) is 4.98 Å². The molecular weight excluding hydrogens is 611 g/mol. The molecule has 1 aliphatic heterocycles. The second kappa shape index (κ2) is 12.8. The normalized spacial score (nSPS) is 18.1. The second-order valence-electron chi connectivity index (χ2n) is 9.43. The zero-order valence-corrected chi connectivity index (χ0v) is 21.7. The van der Waals surface area contributed by atoms with Crippen LogP contribution >= 0.6 is 0 Å². The van der Waals surface area contributed by atoms with Crippen LogP contribution in [0.2, 0.25) is 0 Å². The summed E-state index contributed by atoms with van der Waals surface area (Å²) in [5.41, 5.74) is -5.77. The van der Waals surface area contributed by atoms with E-state index in [1.807, 2.05) is 10.6 Å². The lowest BCUT2D eigenvalue weighted by Crippen LogP contribution is -2.59. The highest BCUT2D eigenvalue weighted by atomic mass is 19.4. The van der Waals surface area contributed by atoms with Crippen molar-refractivity contribution in [2.75, 3.05) is 13.2 Å². The number of pyridine rings is 1. The quantitative estimate of drug-likeness (QED) is 0.230. The molecule has 0 saturated carbocycles. The molecule has 1 aromatic heterocycles. The summed E-state index contributed by atoms with van der Waals surface area (Å²) in [7, 11) is 0. The Kier molecular flexibility index (Phi) is 9.96. The maximum atomic E-state index is 14.7. The molecule has 0 bridgehead atoms. The van der Waals surface area contributed by atoms with Crippen molar-refractivity contribution >= 4 is 17.4 Å². The van der Waals surface area contributed by atoms with Crippen LogP contribution in [-0.2, 0) is 15.1 Å². The molecule has 0 spiro atoms. The van der Waals surface area contributed by atoms with Crippen LogP contribution in [0.1, 0.15) is 48.9 Å². The zero-order chi connectivity index (χ0) is 32.2. The average Bonchev–Trinajstić information content (AvgIpc) is 2.88. The van der Waals surface area contributed by atoms with Gasteiger partial charge in [-0.3, -0.25) is 14.6 Å². The van der Waals surface area contributed by atoms with Gasteiger partial charge in [-0.05, 0) is 41.8 Å². The molecule has 1 atom stereocenters. The van der Waals surface area contributed by atoms with Gasteiger partial charge >= 0.3 is 18.5 Å². The Morgan fingerprint density at radius 2 is 1.63 bits per heavy atom. The smallest absolute Gasteiger partial charge is 0.416 e. The van der Waals surface area contributed by atoms with Crippen LogP contribution in [0.25, 0.3) is 5.57 Å². The molecule has 2 N–H and O–H groups in total. The van der Waals surface area contributed by atoms with Crippen molar-refractivity contribution in [2.24, 2.45) is 0 Å². The van der Waals surface area contributed by atoms with Crippen LogP contribution in [0.3, 0.4) is 0 Å². The molecule has 1 aromatic carbocycles. The standard InChI is InChI=1S/C26H22F11N3O3/c27-21(28)14-2-7-19(38-12-14)17-10-23(26(35,36)37,40-22(42)18(17)13-39-20(41)11-25(32,33)34)15-3-5-16(6-4-15)43-9-1-8-24(29,30)31/h2-7,12,21H,1,8-11,13H2,(H,39,41)(H,40,42)/t23-/m0/s1. The van der Waals surface area contributed by atoms with E-state index in [1.165, 1.54) is 0 Å². The first kappa shape index (κ1) is 33.6. The lowest BCUT2D eigenvalue weighted by Gasteiger charge is -2.41. The number of halogens is 11. The number of amides is 2. The second-order valence-corrected chi connectivity index (χ2v) is 9.43. The maximum absolute atomic E-state index is 14.7. The Morgan fingerprint density at radius 1 is 0.977 bits per heavy atom. The van der Waals surface area contributed by atoms with Crippen LogP contribution in [0, 0.1) is 0 Å². The summed E-state index contributed by atoms with van der Waals surface area (Å²) in [6.07, 6.45) is -21.5. The van der Waals surface area contributed by atoms with E-state index in [0.717, 1.165) is 36.4 Å². The number of rotatable bonds is 10. The number of carbonyl (C=O) groups is 2. The predicted molar refractivity (Wildman–Crippen MR) is 128 cm³/mol. The molecule has 0 radical (unpaired) electrons. The number of aromatic nitrogens is 1. The summed E-state index contributed by atoms with van der Waals surface area (Å²) >= 11 is 0. The third kappa shape index (κ3) is 8.79. The largest absolute Gasteiger partial charge is 0.494 e. The molecule has 0 unspecified atom stereocenters. The Morgan fingerprint density at radius 3 is 2.14 bits per heavy atom. The minimum atomic E-state index is -5.23. The monoisotopic (exact) mass is 633 g/mol. The minimum absolute atomic E-state index is 0.0709. The van der Waals surface area contributed by atoms with Gasteiger partial charge in [0.1, 0.15) is 12.2 Å². The first-order valence-electron chi connectivity index (χ1n) is 12.3. The number of nitrogens with zero attached hydrogens (tertiary/aromatic N) is 1. The first-order chi connectivity index (χ1) is 19.8. The molecule has 43 heavy (non-hydrogen) atoms. The molecule has 3 rings (SSSR count). The Balaban J connectivity index is 1.99. The molecule has 2 aromatic rings. The summed E-state index contributed by atoms with van der Waals surface area (Å²) in [5, 5.41) is 3.64. The Labute approximate surface area is 236 Å². The van der Waals surface area contributed by atoms with Crippen LogP contribution in [0.15, 0.2) is 48.2 Å². The average molecular weight is 633 g/mol. The molecule has 6 nitrogen and oxygen atoms in total. The maximum Gasteiger partial charge on any atom is 0.416 e. The van der Waals surface area contributed by atoms with E-state index < -0.39 is 103 Å². The summed E-state index contributed by atoms with van der Waals surface area (Å²) in [4.78, 5) is 28.6. The number of hydrogen-bond acceptors (Lipinski definition) is 4. The van der Waals surface area contributed by atoms with Gasteiger partial charge in [-0.1, -0.05) is 12.1 Å². The fourth-order valence-electron chi connectivity index (χ4n) is 4.21. The lowest BCUT2D eigenvalue weighted by molar-refractivity contribution is -0.201. The van der Waals surface area contributed by atoms with E-state index >= 15 is 0 Å². The van der Waals surface area contributed by atoms with Crippen LogP contribution in [-0.4, -0.2) is 48.5 Å². The van der Waals surface area contributed by atoms with Gasteiger partial charge in [0.05, 0.1) is 12.3 Å². The van der Waals surface area contributed by atoms with Crippen molar-refractivity contribution in [3.8, 4) is 5.75 Å². The van der Waals surface area contributed by atoms with Gasteiger partial charge in [0.2, 0.25) is 11.8 Å². The van der Waals surface area contributed by atoms with Crippen molar-refractivity contribution in [3.63, 3.8) is 0 Å². The molecule has 2 heterocycles. The number of carbonyl (C=O) groups excluding carboxylic acids is 2. The van der Waals surface area contributed by atoms with Gasteiger partial charge < -0.3 is 15.4 Å². The molecule has 0 fully saturated rings. The number of nitrogens with one attached hydrogen (secondary N) is 2. The van der Waals surface area contributed by atoms with Gasteiger partial charge in [0, 0.05) is 36.7 Å². The van der Waals surface area contributed by atoms with Gasteiger partial charge in [-0.25, -0.2) is 8.78 Å². The molecule has 1 aliphatic rings. The van der Waals surface area contributed by atoms with Gasteiger partial charge in [0.15, 0.2) is 5.54 Å². The minimum Gasteiger partial charge on any atom is -0.494 e. The van der Waals surface area contributed by atoms with E-state index in [9.17, 15) is 57.9 Å². The molecule has 0 aliphatic carbocycles. The van der Waals surface area contributed by atoms with Crippen LogP contribution in [0.4, 0.5) is 48.3 Å². The fraction of sp³-hybridized carbons (Fsp3) is 0.423. The number of hydrogen-bond donors (Lipinski definition) is 2. The molecule has 236 valence electrons. The SMILES string of the molecule is O=C(CC(F)(F)F)NCC1=C(c2ccc(C(F)F)cn2)C[C@](c2ccc(OCCCC(F)(F)F)cc2)(C(F)(F)F)NC1=O. The molecule has 2 amide bonds. The first-order valence-corrected chi connectivity index (χ1v) is 12.3. The Hall–Kier alpha value is -3.92. The summed E-state index contributed by atoms with van der Waals surface area (Å²) in [6, 6.07) is 5.64. The van der Waals surface area contributed by atoms with Crippen molar-refractivity contribution < 1.29 is 62.6 Å². The van der Waals surface area contributed by atoms with E-state index in [1.54, 1.807) is 0 Å². The molecular formula is C26H22F11N3O3. The van der Waals surface area contributed by atoms with Crippen molar-refractivity contribution in [2.45, 2.75) is 56.2 Å². The number of ether oxygens (including phenoxy) is 1. The Bertz CT molecular complexity index is 1320. The van der Waals surface area contributed by atoms with Crippen LogP contribution in [0.5, 0.6) is 5.75 Å². The highest BCUT2D eigenvalue weighted by Gasteiger charge is 2.59. The summed E-state index contributed by atoms with van der Waals surface area (Å²) < 4.78 is 150. The number of alkyl halides is 11. The van der Waals surface area contributed by atoms with Crippen molar-refractivity contribution in [1.82, 2.24) is 15.6 Å².